The van der Waals surface area contributed by atoms with Gasteiger partial charge in [-0.05, 0) is 24.5 Å². The summed E-state index contributed by atoms with van der Waals surface area (Å²) < 4.78 is 12.8. The first-order chi connectivity index (χ1) is 6.69. The predicted molar refractivity (Wildman–Crippen MR) is 50.3 cm³/mol. The van der Waals surface area contributed by atoms with E-state index in [1.807, 2.05) is 0 Å². The van der Waals surface area contributed by atoms with E-state index in [4.69, 9.17) is 5.11 Å². The summed E-state index contributed by atoms with van der Waals surface area (Å²) in [6.07, 6.45) is 1.52. The highest BCUT2D eigenvalue weighted by Crippen LogP contribution is 2.49. The molecule has 0 atom stereocenters. The van der Waals surface area contributed by atoms with E-state index in [1.165, 1.54) is 6.07 Å². The third-order valence-corrected chi connectivity index (χ3v) is 2.84. The molecule has 1 aliphatic carbocycles. The van der Waals surface area contributed by atoms with Crippen LogP contribution in [0.15, 0.2) is 24.3 Å². The van der Waals surface area contributed by atoms with Gasteiger partial charge in [-0.15, -0.1) is 0 Å². The third kappa shape index (κ3) is 1.29. The van der Waals surface area contributed by atoms with Crippen LogP contribution in [0.1, 0.15) is 28.8 Å². The number of hydrogen-bond acceptors (Lipinski definition) is 1. The molecule has 2 nitrogen and oxygen atoms in total. The van der Waals surface area contributed by atoms with Crippen molar-refractivity contribution in [3.8, 4) is 0 Å². The van der Waals surface area contributed by atoms with Crippen molar-refractivity contribution in [1.82, 2.24) is 0 Å². The monoisotopic (exact) mass is 194 g/mol. The van der Waals surface area contributed by atoms with Gasteiger partial charge in [-0.2, -0.15) is 0 Å². The standard InChI is InChI=1S/C11H11FO2/c12-7-11(5-6-11)9-4-2-1-3-8(9)10(13)14/h1-4H,5-7H2,(H,13,14). The van der Waals surface area contributed by atoms with E-state index >= 15 is 0 Å². The molecule has 0 unspecified atom stereocenters. The number of aromatic carboxylic acids is 1. The maximum absolute atomic E-state index is 12.8. The van der Waals surface area contributed by atoms with Crippen molar-refractivity contribution in [3.05, 3.63) is 35.4 Å². The zero-order chi connectivity index (χ0) is 10.2. The number of carboxylic acids is 1. The second-order valence-electron chi connectivity index (χ2n) is 3.76. The van der Waals surface area contributed by atoms with Crippen LogP contribution in [0.4, 0.5) is 4.39 Å². The summed E-state index contributed by atoms with van der Waals surface area (Å²) in [6.45, 7) is -0.461. The molecular formula is C11H11FO2. The summed E-state index contributed by atoms with van der Waals surface area (Å²) in [4.78, 5) is 10.9. The molecule has 0 spiro atoms. The molecule has 0 saturated heterocycles. The number of benzene rings is 1. The molecule has 0 heterocycles. The normalized spacial score (nSPS) is 17.8. The Morgan fingerprint density at radius 3 is 2.57 bits per heavy atom. The lowest BCUT2D eigenvalue weighted by molar-refractivity contribution is 0.0694. The number of hydrogen-bond donors (Lipinski definition) is 1. The van der Waals surface area contributed by atoms with Crippen molar-refractivity contribution >= 4 is 5.97 Å². The van der Waals surface area contributed by atoms with Gasteiger partial charge in [-0.3, -0.25) is 4.39 Å². The average Bonchev–Trinajstić information content (AvgIpc) is 2.98. The molecule has 2 rings (SSSR count). The van der Waals surface area contributed by atoms with Gasteiger partial charge in [0.1, 0.15) is 0 Å². The third-order valence-electron chi connectivity index (χ3n) is 2.84. The van der Waals surface area contributed by atoms with E-state index in [0.717, 1.165) is 12.8 Å². The minimum atomic E-state index is -0.972. The van der Waals surface area contributed by atoms with Crippen LogP contribution in [0.3, 0.4) is 0 Å². The smallest absolute Gasteiger partial charge is 0.335 e. The summed E-state index contributed by atoms with van der Waals surface area (Å²) in [7, 11) is 0. The number of carboxylic acid groups (broad SMARTS) is 1. The Bertz CT molecular complexity index is 369. The van der Waals surface area contributed by atoms with Gasteiger partial charge in [0, 0.05) is 5.41 Å². The molecule has 0 radical (unpaired) electrons. The van der Waals surface area contributed by atoms with Crippen molar-refractivity contribution in [2.75, 3.05) is 6.67 Å². The number of alkyl halides is 1. The van der Waals surface area contributed by atoms with Crippen LogP contribution in [0.5, 0.6) is 0 Å². The van der Waals surface area contributed by atoms with E-state index in [2.05, 4.69) is 0 Å². The van der Waals surface area contributed by atoms with Crippen LogP contribution < -0.4 is 0 Å². The molecule has 14 heavy (non-hydrogen) atoms. The Morgan fingerprint density at radius 1 is 1.43 bits per heavy atom. The van der Waals surface area contributed by atoms with Crippen LogP contribution >= 0.6 is 0 Å². The predicted octanol–water partition coefficient (Wildman–Crippen LogP) is 2.39. The summed E-state index contributed by atoms with van der Waals surface area (Å²) in [5.74, 6) is -0.972. The van der Waals surface area contributed by atoms with Gasteiger partial charge in [0.25, 0.3) is 0 Å². The number of rotatable bonds is 3. The van der Waals surface area contributed by atoms with Crippen molar-refractivity contribution in [3.63, 3.8) is 0 Å². The lowest BCUT2D eigenvalue weighted by Gasteiger charge is -2.13. The van der Waals surface area contributed by atoms with Crippen LogP contribution in [-0.4, -0.2) is 17.8 Å². The summed E-state index contributed by atoms with van der Waals surface area (Å²) in [5.41, 5.74) is 0.396. The number of carbonyl (C=O) groups is 1. The molecule has 0 aromatic heterocycles. The van der Waals surface area contributed by atoms with Gasteiger partial charge < -0.3 is 5.11 Å². The second kappa shape index (κ2) is 3.08. The van der Waals surface area contributed by atoms with Gasteiger partial charge in [-0.25, -0.2) is 4.79 Å². The fourth-order valence-corrected chi connectivity index (χ4v) is 1.76. The van der Waals surface area contributed by atoms with E-state index in [9.17, 15) is 9.18 Å². The second-order valence-corrected chi connectivity index (χ2v) is 3.76. The molecule has 0 amide bonds. The fraction of sp³-hybridized carbons (Fsp3) is 0.364. The zero-order valence-electron chi connectivity index (χ0n) is 7.66. The van der Waals surface area contributed by atoms with E-state index in [1.54, 1.807) is 18.2 Å². The minimum Gasteiger partial charge on any atom is -0.478 e. The van der Waals surface area contributed by atoms with Crippen molar-refractivity contribution in [2.24, 2.45) is 0 Å². The van der Waals surface area contributed by atoms with E-state index < -0.39 is 18.1 Å². The van der Waals surface area contributed by atoms with Crippen LogP contribution in [0.25, 0.3) is 0 Å². The summed E-state index contributed by atoms with van der Waals surface area (Å²) in [6, 6.07) is 6.68. The average molecular weight is 194 g/mol. The van der Waals surface area contributed by atoms with Gasteiger partial charge in [-0.1, -0.05) is 18.2 Å². The maximum Gasteiger partial charge on any atom is 0.335 e. The molecular weight excluding hydrogens is 183 g/mol. The Hall–Kier alpha value is -1.38. The van der Waals surface area contributed by atoms with E-state index in [0.29, 0.717) is 5.56 Å². The molecule has 1 fully saturated rings. The lowest BCUT2D eigenvalue weighted by atomic mass is 9.92. The fourth-order valence-electron chi connectivity index (χ4n) is 1.76. The molecule has 0 bridgehead atoms. The summed E-state index contributed by atoms with van der Waals surface area (Å²) in [5, 5.41) is 8.93. The highest BCUT2D eigenvalue weighted by Gasteiger charge is 2.46. The molecule has 1 N–H and O–H groups in total. The highest BCUT2D eigenvalue weighted by atomic mass is 19.1. The van der Waals surface area contributed by atoms with E-state index in [-0.39, 0.29) is 5.56 Å². The maximum atomic E-state index is 12.8. The molecule has 1 aromatic rings. The SMILES string of the molecule is O=C(O)c1ccccc1C1(CF)CC1. The van der Waals surface area contributed by atoms with Crippen LogP contribution in [-0.2, 0) is 5.41 Å². The first-order valence-electron chi connectivity index (χ1n) is 4.58. The van der Waals surface area contributed by atoms with Crippen molar-refractivity contribution in [2.45, 2.75) is 18.3 Å². The van der Waals surface area contributed by atoms with Crippen molar-refractivity contribution < 1.29 is 14.3 Å². The zero-order valence-corrected chi connectivity index (χ0v) is 7.66. The molecule has 1 aliphatic rings. The molecule has 74 valence electrons. The Morgan fingerprint density at radius 2 is 2.07 bits per heavy atom. The highest BCUT2D eigenvalue weighted by molar-refractivity contribution is 5.90. The van der Waals surface area contributed by atoms with Gasteiger partial charge >= 0.3 is 5.97 Å². The van der Waals surface area contributed by atoms with Gasteiger partial charge in [0.15, 0.2) is 0 Å². The topological polar surface area (TPSA) is 37.3 Å². The summed E-state index contributed by atoms with van der Waals surface area (Å²) >= 11 is 0. The largest absolute Gasteiger partial charge is 0.478 e. The van der Waals surface area contributed by atoms with Crippen molar-refractivity contribution in [1.29, 1.82) is 0 Å². The Balaban J connectivity index is 2.47. The Labute approximate surface area is 81.4 Å². The number of halogens is 1. The molecule has 1 aromatic carbocycles. The lowest BCUT2D eigenvalue weighted by Crippen LogP contribution is -2.14. The van der Waals surface area contributed by atoms with Gasteiger partial charge in [0.05, 0.1) is 12.2 Å². The quantitative estimate of drug-likeness (QED) is 0.802. The minimum absolute atomic E-state index is 0.239. The van der Waals surface area contributed by atoms with Crippen LogP contribution in [0, 0.1) is 0 Å². The first-order valence-corrected chi connectivity index (χ1v) is 4.58. The molecule has 3 heteroatoms. The molecule has 0 aliphatic heterocycles. The van der Waals surface area contributed by atoms with Crippen LogP contribution in [0.2, 0.25) is 0 Å². The van der Waals surface area contributed by atoms with Gasteiger partial charge in [0.2, 0.25) is 0 Å². The Kier molecular flexibility index (Phi) is 2.02. The molecule has 1 saturated carbocycles. The first kappa shape index (κ1) is 9.19.